The molecule has 1 aliphatic rings. The summed E-state index contributed by atoms with van der Waals surface area (Å²) in [5, 5.41) is 0. The first-order valence-electron chi connectivity index (χ1n) is 5.46. The fourth-order valence-electron chi connectivity index (χ4n) is 2.02. The van der Waals surface area contributed by atoms with Gasteiger partial charge in [-0.3, -0.25) is 0 Å². The molecule has 1 aromatic heterocycles. The molecular weight excluding hydrogens is 284 g/mol. The molecular formula is C12H6N2O3S2. The van der Waals surface area contributed by atoms with E-state index in [9.17, 15) is 8.42 Å². The summed E-state index contributed by atoms with van der Waals surface area (Å²) in [4.78, 5) is 9.46. The van der Waals surface area contributed by atoms with Crippen molar-refractivity contribution in [1.29, 1.82) is 0 Å². The molecule has 0 spiro atoms. The maximum Gasteiger partial charge on any atom is 0.371 e. The van der Waals surface area contributed by atoms with Crippen LogP contribution in [0.3, 0.4) is 0 Å². The van der Waals surface area contributed by atoms with Gasteiger partial charge in [0.25, 0.3) is 0 Å². The van der Waals surface area contributed by atoms with Crippen molar-refractivity contribution < 1.29 is 12.6 Å². The lowest BCUT2D eigenvalue weighted by Crippen LogP contribution is -1.97. The molecule has 0 amide bonds. The molecule has 7 heteroatoms. The second-order valence-corrected chi connectivity index (χ2v) is 7.36. The molecule has 0 atom stereocenters. The van der Waals surface area contributed by atoms with Gasteiger partial charge in [-0.2, -0.15) is 8.42 Å². The molecule has 0 N–H and O–H groups in total. The molecule has 3 aromatic rings. The second-order valence-electron chi connectivity index (χ2n) is 4.05. The molecule has 0 unspecified atom stereocenters. The standard InChI is InChI=1S/C12H6N2O3S2/c15-19(16)17-12-10(18-19)6-5-9-11(12)14-8-4-2-1-3-7(8)13-9/h1-6H. The minimum Gasteiger partial charge on any atom is -0.371 e. The van der Waals surface area contributed by atoms with Crippen LogP contribution in [0, 0.1) is 0 Å². The zero-order valence-electron chi connectivity index (χ0n) is 9.40. The van der Waals surface area contributed by atoms with Gasteiger partial charge in [-0.1, -0.05) is 12.1 Å². The van der Waals surface area contributed by atoms with Gasteiger partial charge in [0.2, 0.25) is 0 Å². The van der Waals surface area contributed by atoms with Gasteiger partial charge in [-0.15, -0.1) is 0 Å². The molecule has 0 saturated heterocycles. The number of para-hydroxylation sites is 2. The molecule has 19 heavy (non-hydrogen) atoms. The fraction of sp³-hybridized carbons (Fsp3) is 0. The molecule has 2 aromatic carbocycles. The molecule has 2 heterocycles. The summed E-state index contributed by atoms with van der Waals surface area (Å²) in [5.41, 5.74) is 2.57. The van der Waals surface area contributed by atoms with Crippen LogP contribution in [0.1, 0.15) is 0 Å². The lowest BCUT2D eigenvalue weighted by Gasteiger charge is -2.03. The Morgan fingerprint density at radius 3 is 2.47 bits per heavy atom. The maximum absolute atomic E-state index is 11.5. The van der Waals surface area contributed by atoms with Gasteiger partial charge in [-0.05, 0) is 24.3 Å². The highest BCUT2D eigenvalue weighted by molar-refractivity contribution is 8.70. The Hall–Kier alpha value is -1.86. The van der Waals surface area contributed by atoms with Crippen LogP contribution >= 0.6 is 10.8 Å². The summed E-state index contributed by atoms with van der Waals surface area (Å²) < 4.78 is 28.0. The quantitative estimate of drug-likeness (QED) is 0.468. The molecule has 0 bridgehead atoms. The van der Waals surface area contributed by atoms with Crippen molar-refractivity contribution in [3.63, 3.8) is 0 Å². The van der Waals surface area contributed by atoms with Crippen LogP contribution in [0.5, 0.6) is 5.75 Å². The van der Waals surface area contributed by atoms with Gasteiger partial charge in [0, 0.05) is 10.8 Å². The summed E-state index contributed by atoms with van der Waals surface area (Å²) >= 11 is 0. The number of hydrogen-bond donors (Lipinski definition) is 0. The van der Waals surface area contributed by atoms with E-state index >= 15 is 0 Å². The average molecular weight is 290 g/mol. The van der Waals surface area contributed by atoms with E-state index in [2.05, 4.69) is 9.97 Å². The van der Waals surface area contributed by atoms with Crippen molar-refractivity contribution in [2.45, 2.75) is 4.90 Å². The van der Waals surface area contributed by atoms with Crippen LogP contribution in [0.15, 0.2) is 41.3 Å². The first kappa shape index (κ1) is 11.0. The van der Waals surface area contributed by atoms with Gasteiger partial charge in [0.05, 0.1) is 21.4 Å². The molecule has 0 radical (unpaired) electrons. The van der Waals surface area contributed by atoms with Gasteiger partial charge >= 0.3 is 9.15 Å². The van der Waals surface area contributed by atoms with E-state index in [0.29, 0.717) is 32.2 Å². The number of rotatable bonds is 0. The van der Waals surface area contributed by atoms with Gasteiger partial charge in [-0.25, -0.2) is 9.97 Å². The van der Waals surface area contributed by atoms with Gasteiger partial charge in [0.1, 0.15) is 5.52 Å². The summed E-state index contributed by atoms with van der Waals surface area (Å²) in [6.45, 7) is 0. The number of nitrogens with zero attached hydrogens (tertiary/aromatic N) is 2. The number of fused-ring (bicyclic) bond motifs is 4. The first-order chi connectivity index (χ1) is 9.12. The van der Waals surface area contributed by atoms with Crippen LogP contribution in [-0.2, 0) is 9.15 Å². The summed E-state index contributed by atoms with van der Waals surface area (Å²) in [7, 11) is -2.91. The van der Waals surface area contributed by atoms with E-state index in [1.807, 2.05) is 24.3 Å². The highest BCUT2D eigenvalue weighted by Crippen LogP contribution is 2.45. The lowest BCUT2D eigenvalue weighted by atomic mass is 10.2. The van der Waals surface area contributed by atoms with E-state index in [-0.39, 0.29) is 5.75 Å². The Kier molecular flexibility index (Phi) is 2.07. The zero-order chi connectivity index (χ0) is 13.0. The molecule has 94 valence electrons. The topological polar surface area (TPSA) is 69.2 Å². The van der Waals surface area contributed by atoms with Gasteiger partial charge < -0.3 is 4.18 Å². The Labute approximate surface area is 112 Å². The van der Waals surface area contributed by atoms with E-state index in [1.54, 1.807) is 12.1 Å². The molecule has 0 fully saturated rings. The van der Waals surface area contributed by atoms with E-state index in [1.165, 1.54) is 0 Å². The van der Waals surface area contributed by atoms with E-state index < -0.39 is 9.15 Å². The van der Waals surface area contributed by atoms with Crippen molar-refractivity contribution in [2.24, 2.45) is 0 Å². The number of benzene rings is 2. The largest absolute Gasteiger partial charge is 0.371 e. The summed E-state index contributed by atoms with van der Waals surface area (Å²) in [6.07, 6.45) is 0. The Morgan fingerprint density at radius 1 is 0.947 bits per heavy atom. The SMILES string of the molecule is O=S1(=O)Oc2c(ccc3nc4ccccc4nc23)S1. The average Bonchev–Trinajstić information content (AvgIpc) is 2.71. The normalized spacial score (nSPS) is 16.4. The molecule has 1 aliphatic heterocycles. The van der Waals surface area contributed by atoms with Crippen molar-refractivity contribution in [3.05, 3.63) is 36.4 Å². The smallest absolute Gasteiger partial charge is 0.371 e. The van der Waals surface area contributed by atoms with Crippen LogP contribution < -0.4 is 4.18 Å². The van der Waals surface area contributed by atoms with Crippen LogP contribution in [0.4, 0.5) is 0 Å². The monoisotopic (exact) mass is 290 g/mol. The van der Waals surface area contributed by atoms with Crippen LogP contribution in [0.25, 0.3) is 22.1 Å². The van der Waals surface area contributed by atoms with Crippen LogP contribution in [-0.4, -0.2) is 18.4 Å². The van der Waals surface area contributed by atoms with E-state index in [0.717, 1.165) is 5.52 Å². The third-order valence-electron chi connectivity index (χ3n) is 2.81. The Morgan fingerprint density at radius 2 is 1.68 bits per heavy atom. The zero-order valence-corrected chi connectivity index (χ0v) is 11.0. The second kappa shape index (κ2) is 3.58. The van der Waals surface area contributed by atoms with Crippen molar-refractivity contribution in [3.8, 4) is 5.75 Å². The van der Waals surface area contributed by atoms with Crippen molar-refractivity contribution in [2.75, 3.05) is 0 Å². The fourth-order valence-corrected chi connectivity index (χ4v) is 4.40. The van der Waals surface area contributed by atoms with Gasteiger partial charge in [0.15, 0.2) is 5.75 Å². The maximum atomic E-state index is 11.5. The molecule has 0 saturated carbocycles. The number of hydrogen-bond acceptors (Lipinski definition) is 6. The summed E-state index contributed by atoms with van der Waals surface area (Å²) in [6, 6.07) is 10.9. The first-order valence-corrected chi connectivity index (χ1v) is 8.20. The molecule has 4 rings (SSSR count). The minimum absolute atomic E-state index is 0.278. The Bertz CT molecular complexity index is 938. The summed E-state index contributed by atoms with van der Waals surface area (Å²) in [5.74, 6) is 0.278. The Balaban J connectivity index is 2.13. The highest BCUT2D eigenvalue weighted by atomic mass is 33.2. The number of aromatic nitrogens is 2. The predicted molar refractivity (Wildman–Crippen MR) is 72.4 cm³/mol. The van der Waals surface area contributed by atoms with Crippen molar-refractivity contribution in [1.82, 2.24) is 9.97 Å². The lowest BCUT2D eigenvalue weighted by molar-refractivity contribution is 0.507. The molecule has 0 aliphatic carbocycles. The predicted octanol–water partition coefficient (Wildman–Crippen LogP) is 2.51. The minimum atomic E-state index is -3.60. The third-order valence-corrected chi connectivity index (χ3v) is 5.24. The van der Waals surface area contributed by atoms with E-state index in [4.69, 9.17) is 4.18 Å². The van der Waals surface area contributed by atoms with Crippen LogP contribution in [0.2, 0.25) is 0 Å². The third kappa shape index (κ3) is 1.66. The van der Waals surface area contributed by atoms with Crippen molar-refractivity contribution >= 4 is 42.0 Å². The molecule has 5 nitrogen and oxygen atoms in total. The highest BCUT2D eigenvalue weighted by Gasteiger charge is 2.30.